The van der Waals surface area contributed by atoms with Crippen LogP contribution in [-0.4, -0.2) is 10.5 Å². The van der Waals surface area contributed by atoms with Crippen LogP contribution in [0.25, 0.3) is 0 Å². The lowest BCUT2D eigenvalue weighted by Crippen LogP contribution is -2.23. The number of rotatable bonds is 3. The number of amides is 1. The molecular weight excluding hydrogens is 294 g/mol. The van der Waals surface area contributed by atoms with Crippen LogP contribution in [0.1, 0.15) is 15.9 Å². The van der Waals surface area contributed by atoms with E-state index in [1.54, 1.807) is 12.1 Å². The zero-order chi connectivity index (χ0) is 13.1. The number of hydrogen-bond donors (Lipinski definition) is 2. The fraction of sp³-hybridized carbons (Fsp3) is 0.154. The van der Waals surface area contributed by atoms with E-state index in [4.69, 9.17) is 5.73 Å². The first-order valence-electron chi connectivity index (χ1n) is 5.50. The van der Waals surface area contributed by atoms with Gasteiger partial charge in [-0.2, -0.15) is 0 Å². The van der Waals surface area contributed by atoms with Crippen LogP contribution in [0.4, 0.5) is 5.69 Å². The lowest BCUT2D eigenvalue weighted by molar-refractivity contribution is 0.0951. The van der Waals surface area contributed by atoms with Crippen molar-refractivity contribution < 1.29 is 4.79 Å². The SMILES string of the molecule is Cn1ccc(CNC(=O)c2cc(Br)ccc2N)c1. The summed E-state index contributed by atoms with van der Waals surface area (Å²) in [5, 5.41) is 2.84. The van der Waals surface area contributed by atoms with Gasteiger partial charge < -0.3 is 15.6 Å². The number of benzene rings is 1. The van der Waals surface area contributed by atoms with E-state index in [1.807, 2.05) is 36.1 Å². The summed E-state index contributed by atoms with van der Waals surface area (Å²) >= 11 is 3.33. The van der Waals surface area contributed by atoms with Gasteiger partial charge in [-0.3, -0.25) is 4.79 Å². The summed E-state index contributed by atoms with van der Waals surface area (Å²) in [5.41, 5.74) is 7.79. The van der Waals surface area contributed by atoms with Gasteiger partial charge in [0.15, 0.2) is 0 Å². The van der Waals surface area contributed by atoms with Gasteiger partial charge in [-0.15, -0.1) is 0 Å². The molecule has 0 radical (unpaired) electrons. The van der Waals surface area contributed by atoms with Crippen molar-refractivity contribution in [3.05, 3.63) is 52.3 Å². The van der Waals surface area contributed by atoms with Crippen LogP contribution in [0.15, 0.2) is 41.1 Å². The molecule has 0 unspecified atom stereocenters. The smallest absolute Gasteiger partial charge is 0.253 e. The van der Waals surface area contributed by atoms with Crippen molar-refractivity contribution in [1.29, 1.82) is 0 Å². The molecule has 0 fully saturated rings. The number of nitrogens with zero attached hydrogens (tertiary/aromatic N) is 1. The fourth-order valence-electron chi connectivity index (χ4n) is 1.67. The average Bonchev–Trinajstić information content (AvgIpc) is 2.75. The normalized spacial score (nSPS) is 10.3. The molecule has 2 rings (SSSR count). The second-order valence-electron chi connectivity index (χ2n) is 4.10. The molecule has 0 aliphatic heterocycles. The summed E-state index contributed by atoms with van der Waals surface area (Å²) in [7, 11) is 1.94. The highest BCUT2D eigenvalue weighted by atomic mass is 79.9. The number of hydrogen-bond acceptors (Lipinski definition) is 2. The Balaban J connectivity index is 2.05. The number of nitrogens with two attached hydrogens (primary N) is 1. The number of anilines is 1. The third kappa shape index (κ3) is 2.92. The van der Waals surface area contributed by atoms with E-state index >= 15 is 0 Å². The number of carbonyl (C=O) groups excluding carboxylic acids is 1. The van der Waals surface area contributed by atoms with Gasteiger partial charge in [0.2, 0.25) is 0 Å². The molecule has 0 spiro atoms. The molecule has 18 heavy (non-hydrogen) atoms. The van der Waals surface area contributed by atoms with Crippen LogP contribution in [-0.2, 0) is 13.6 Å². The summed E-state index contributed by atoms with van der Waals surface area (Å²) < 4.78 is 2.77. The van der Waals surface area contributed by atoms with E-state index in [0.29, 0.717) is 17.8 Å². The Labute approximate surface area is 114 Å². The van der Waals surface area contributed by atoms with Crippen molar-refractivity contribution in [2.75, 3.05) is 5.73 Å². The maximum Gasteiger partial charge on any atom is 0.253 e. The van der Waals surface area contributed by atoms with Crippen molar-refractivity contribution in [3.8, 4) is 0 Å². The number of aryl methyl sites for hydroxylation is 1. The molecule has 0 aliphatic rings. The molecule has 5 heteroatoms. The molecule has 0 bridgehead atoms. The molecular formula is C13H14BrN3O. The van der Waals surface area contributed by atoms with Crippen molar-refractivity contribution in [1.82, 2.24) is 9.88 Å². The first-order valence-corrected chi connectivity index (χ1v) is 6.29. The van der Waals surface area contributed by atoms with Gasteiger partial charge in [-0.1, -0.05) is 15.9 Å². The summed E-state index contributed by atoms with van der Waals surface area (Å²) in [6, 6.07) is 7.20. The van der Waals surface area contributed by atoms with E-state index in [2.05, 4.69) is 21.2 Å². The van der Waals surface area contributed by atoms with Crippen molar-refractivity contribution in [2.24, 2.45) is 7.05 Å². The summed E-state index contributed by atoms with van der Waals surface area (Å²) in [5.74, 6) is -0.169. The second-order valence-corrected chi connectivity index (χ2v) is 5.02. The predicted molar refractivity (Wildman–Crippen MR) is 75.1 cm³/mol. The Morgan fingerprint density at radius 1 is 1.44 bits per heavy atom. The molecule has 0 saturated heterocycles. The third-order valence-corrected chi connectivity index (χ3v) is 3.10. The Bertz CT molecular complexity index is 577. The van der Waals surface area contributed by atoms with Gasteiger partial charge in [0, 0.05) is 36.1 Å². The van der Waals surface area contributed by atoms with Crippen LogP contribution in [0.2, 0.25) is 0 Å². The quantitative estimate of drug-likeness (QED) is 0.855. The first-order chi connectivity index (χ1) is 8.56. The minimum atomic E-state index is -0.169. The zero-order valence-electron chi connectivity index (χ0n) is 9.98. The number of halogens is 1. The van der Waals surface area contributed by atoms with Gasteiger partial charge >= 0.3 is 0 Å². The molecule has 1 aromatic heterocycles. The monoisotopic (exact) mass is 307 g/mol. The molecule has 1 heterocycles. The van der Waals surface area contributed by atoms with Crippen LogP contribution >= 0.6 is 15.9 Å². The molecule has 1 aromatic carbocycles. The minimum Gasteiger partial charge on any atom is -0.398 e. The zero-order valence-corrected chi connectivity index (χ0v) is 11.6. The van der Waals surface area contributed by atoms with E-state index in [0.717, 1.165) is 10.0 Å². The highest BCUT2D eigenvalue weighted by Crippen LogP contribution is 2.18. The topological polar surface area (TPSA) is 60.0 Å². The highest BCUT2D eigenvalue weighted by molar-refractivity contribution is 9.10. The Morgan fingerprint density at radius 2 is 2.22 bits per heavy atom. The van der Waals surface area contributed by atoms with Crippen molar-refractivity contribution in [3.63, 3.8) is 0 Å². The Kier molecular flexibility index (Phi) is 3.72. The van der Waals surface area contributed by atoms with E-state index in [-0.39, 0.29) is 5.91 Å². The molecule has 3 N–H and O–H groups in total. The molecule has 4 nitrogen and oxygen atoms in total. The molecule has 94 valence electrons. The molecule has 0 aliphatic carbocycles. The Hall–Kier alpha value is -1.75. The fourth-order valence-corrected chi connectivity index (χ4v) is 2.03. The van der Waals surface area contributed by atoms with Gasteiger partial charge in [-0.05, 0) is 29.8 Å². The van der Waals surface area contributed by atoms with Gasteiger partial charge in [0.25, 0.3) is 5.91 Å². The average molecular weight is 308 g/mol. The number of nitrogen functional groups attached to an aromatic ring is 1. The standard InChI is InChI=1S/C13H14BrN3O/c1-17-5-4-9(8-17)7-16-13(18)11-6-10(14)2-3-12(11)15/h2-6,8H,7,15H2,1H3,(H,16,18). The van der Waals surface area contributed by atoms with Crippen LogP contribution in [0.3, 0.4) is 0 Å². The van der Waals surface area contributed by atoms with Gasteiger partial charge in [0.05, 0.1) is 5.56 Å². The van der Waals surface area contributed by atoms with E-state index < -0.39 is 0 Å². The van der Waals surface area contributed by atoms with Gasteiger partial charge in [0.1, 0.15) is 0 Å². The largest absolute Gasteiger partial charge is 0.398 e. The lowest BCUT2D eigenvalue weighted by Gasteiger charge is -2.07. The molecule has 0 saturated carbocycles. The predicted octanol–water partition coefficient (Wildman–Crippen LogP) is 2.30. The molecule has 1 amide bonds. The highest BCUT2D eigenvalue weighted by Gasteiger charge is 2.09. The first kappa shape index (κ1) is 12.7. The lowest BCUT2D eigenvalue weighted by atomic mass is 10.1. The number of carbonyl (C=O) groups is 1. The van der Waals surface area contributed by atoms with E-state index in [1.165, 1.54) is 0 Å². The molecule has 0 atom stereocenters. The van der Waals surface area contributed by atoms with Crippen molar-refractivity contribution >= 4 is 27.5 Å². The summed E-state index contributed by atoms with van der Waals surface area (Å²) in [4.78, 5) is 12.0. The summed E-state index contributed by atoms with van der Waals surface area (Å²) in [6.45, 7) is 0.492. The van der Waals surface area contributed by atoms with Gasteiger partial charge in [-0.25, -0.2) is 0 Å². The maximum atomic E-state index is 12.0. The Morgan fingerprint density at radius 3 is 2.89 bits per heavy atom. The van der Waals surface area contributed by atoms with Crippen LogP contribution in [0.5, 0.6) is 0 Å². The third-order valence-electron chi connectivity index (χ3n) is 2.61. The minimum absolute atomic E-state index is 0.169. The van der Waals surface area contributed by atoms with Crippen LogP contribution < -0.4 is 11.1 Å². The maximum absolute atomic E-state index is 12.0. The number of nitrogens with one attached hydrogen (secondary N) is 1. The second kappa shape index (κ2) is 5.27. The van der Waals surface area contributed by atoms with E-state index in [9.17, 15) is 4.79 Å². The van der Waals surface area contributed by atoms with Crippen molar-refractivity contribution in [2.45, 2.75) is 6.54 Å². The van der Waals surface area contributed by atoms with Crippen LogP contribution in [0, 0.1) is 0 Å². The number of aromatic nitrogens is 1. The summed E-state index contributed by atoms with van der Waals surface area (Å²) in [6.07, 6.45) is 3.90. The molecule has 2 aromatic rings.